The van der Waals surface area contributed by atoms with Gasteiger partial charge in [0.1, 0.15) is 16.7 Å². The average molecular weight is 358 g/mol. The Labute approximate surface area is 131 Å². The van der Waals surface area contributed by atoms with Gasteiger partial charge in [0, 0.05) is 5.02 Å². The van der Waals surface area contributed by atoms with Crippen LogP contribution in [0.25, 0.3) is 0 Å². The number of benzene rings is 1. The first kappa shape index (κ1) is 18.6. The number of aliphatic carboxylic acids is 1. The summed E-state index contributed by atoms with van der Waals surface area (Å²) in [6.45, 7) is -0.249. The number of hydrogen-bond donors (Lipinski definition) is 2. The summed E-state index contributed by atoms with van der Waals surface area (Å²) in [7, 11) is -4.42. The summed E-state index contributed by atoms with van der Waals surface area (Å²) in [6, 6.07) is 1.62. The predicted octanol–water partition coefficient (Wildman–Crippen LogP) is 2.33. The van der Waals surface area contributed by atoms with Crippen molar-refractivity contribution in [3.05, 3.63) is 23.2 Å². The van der Waals surface area contributed by atoms with Crippen molar-refractivity contribution in [1.82, 2.24) is 4.72 Å². The van der Waals surface area contributed by atoms with Gasteiger partial charge in [0.05, 0.1) is 0 Å². The van der Waals surface area contributed by atoms with Crippen molar-refractivity contribution in [1.29, 1.82) is 0 Å². The lowest BCUT2D eigenvalue weighted by atomic mass is 10.1. The Morgan fingerprint density at radius 3 is 2.41 bits per heavy atom. The first-order valence-corrected chi connectivity index (χ1v) is 7.90. The number of hydrogen-bond acceptors (Lipinski definition) is 4. The number of carbonyl (C=O) groups is 1. The summed E-state index contributed by atoms with van der Waals surface area (Å²) >= 11 is 5.67. The molecular formula is C12H14ClF2NO5S. The van der Waals surface area contributed by atoms with E-state index in [4.69, 9.17) is 16.7 Å². The molecule has 0 fully saturated rings. The quantitative estimate of drug-likeness (QED) is 0.781. The van der Waals surface area contributed by atoms with Crippen LogP contribution in [0.5, 0.6) is 5.75 Å². The number of carboxylic acids is 1. The number of nitrogens with one attached hydrogen (secondary N) is 1. The minimum absolute atomic E-state index is 0.0292. The van der Waals surface area contributed by atoms with Crippen molar-refractivity contribution in [3.8, 4) is 5.75 Å². The summed E-state index contributed by atoms with van der Waals surface area (Å²) in [6.07, 6.45) is 0. The van der Waals surface area contributed by atoms with E-state index in [9.17, 15) is 22.0 Å². The van der Waals surface area contributed by atoms with E-state index in [0.717, 1.165) is 12.1 Å². The molecule has 0 aliphatic carbocycles. The van der Waals surface area contributed by atoms with Gasteiger partial charge < -0.3 is 9.84 Å². The van der Waals surface area contributed by atoms with Crippen LogP contribution in [-0.4, -0.2) is 32.1 Å². The average Bonchev–Trinajstić information content (AvgIpc) is 2.37. The molecule has 0 unspecified atom stereocenters. The highest BCUT2D eigenvalue weighted by molar-refractivity contribution is 7.89. The Balaban J connectivity index is 3.27. The molecule has 0 aromatic heterocycles. The Hall–Kier alpha value is -1.45. The van der Waals surface area contributed by atoms with Gasteiger partial charge in [-0.3, -0.25) is 4.79 Å². The highest BCUT2D eigenvalue weighted by atomic mass is 35.5. The second-order valence-electron chi connectivity index (χ2n) is 4.65. The zero-order chi connectivity index (χ0) is 17.1. The van der Waals surface area contributed by atoms with Crippen LogP contribution in [-0.2, 0) is 14.8 Å². The van der Waals surface area contributed by atoms with Gasteiger partial charge in [-0.1, -0.05) is 25.4 Å². The molecule has 0 spiro atoms. The molecule has 0 aliphatic heterocycles. The van der Waals surface area contributed by atoms with Crippen molar-refractivity contribution >= 4 is 27.6 Å². The Morgan fingerprint density at radius 2 is 1.95 bits per heavy atom. The summed E-state index contributed by atoms with van der Waals surface area (Å²) in [5.41, 5.74) is 0. The Morgan fingerprint density at radius 1 is 1.36 bits per heavy atom. The van der Waals surface area contributed by atoms with E-state index < -0.39 is 45.2 Å². The monoisotopic (exact) mass is 357 g/mol. The molecule has 0 heterocycles. The van der Waals surface area contributed by atoms with Crippen molar-refractivity contribution < 1.29 is 31.8 Å². The second-order valence-corrected chi connectivity index (χ2v) is 6.77. The van der Waals surface area contributed by atoms with Crippen molar-refractivity contribution in [2.24, 2.45) is 5.92 Å². The van der Waals surface area contributed by atoms with Crippen LogP contribution in [0.3, 0.4) is 0 Å². The van der Waals surface area contributed by atoms with E-state index in [0.29, 0.717) is 0 Å². The third-order valence-electron chi connectivity index (χ3n) is 2.63. The predicted molar refractivity (Wildman–Crippen MR) is 74.7 cm³/mol. The fraction of sp³-hybridized carbons (Fsp3) is 0.417. The van der Waals surface area contributed by atoms with Crippen LogP contribution in [0.15, 0.2) is 23.1 Å². The maximum atomic E-state index is 12.3. The SMILES string of the molecule is CC(C)[C@H](NS(=O)(=O)c1cc(Cl)ccc1OC(F)F)C(=O)O. The molecule has 10 heteroatoms. The molecule has 2 N–H and O–H groups in total. The molecule has 0 amide bonds. The fourth-order valence-electron chi connectivity index (χ4n) is 1.59. The molecule has 0 aliphatic rings. The second kappa shape index (κ2) is 7.21. The number of sulfonamides is 1. The standard InChI is InChI=1S/C12H14ClF2NO5S/c1-6(2)10(11(17)18)16-22(19,20)9-5-7(13)3-4-8(9)21-12(14)15/h3-6,10,12,16H,1-2H3,(H,17,18)/t10-/m0/s1. The van der Waals surface area contributed by atoms with Gasteiger partial charge in [0.2, 0.25) is 10.0 Å². The smallest absolute Gasteiger partial charge is 0.387 e. The largest absolute Gasteiger partial charge is 0.480 e. The van der Waals surface area contributed by atoms with E-state index in [1.807, 2.05) is 4.72 Å². The lowest BCUT2D eigenvalue weighted by Gasteiger charge is -2.19. The van der Waals surface area contributed by atoms with Gasteiger partial charge in [-0.2, -0.15) is 13.5 Å². The minimum atomic E-state index is -4.42. The summed E-state index contributed by atoms with van der Waals surface area (Å²) in [5.74, 6) is -2.58. The summed E-state index contributed by atoms with van der Waals surface area (Å²) in [5, 5.41) is 8.99. The lowest BCUT2D eigenvalue weighted by Crippen LogP contribution is -2.44. The molecular weight excluding hydrogens is 344 g/mol. The van der Waals surface area contributed by atoms with Crippen LogP contribution in [0.4, 0.5) is 8.78 Å². The maximum Gasteiger partial charge on any atom is 0.387 e. The number of ether oxygens (including phenoxy) is 1. The van der Waals surface area contributed by atoms with Gasteiger partial charge in [0.25, 0.3) is 0 Å². The van der Waals surface area contributed by atoms with Gasteiger partial charge in [-0.15, -0.1) is 0 Å². The van der Waals surface area contributed by atoms with Crippen molar-refractivity contribution in [2.75, 3.05) is 0 Å². The van der Waals surface area contributed by atoms with Crippen LogP contribution in [0.2, 0.25) is 5.02 Å². The zero-order valence-corrected chi connectivity index (χ0v) is 13.2. The summed E-state index contributed by atoms with van der Waals surface area (Å²) in [4.78, 5) is 10.4. The number of carboxylic acid groups (broad SMARTS) is 1. The number of alkyl halides is 2. The Kier molecular flexibility index (Phi) is 6.09. The first-order chi connectivity index (χ1) is 10.0. The van der Waals surface area contributed by atoms with Gasteiger partial charge in [-0.25, -0.2) is 8.42 Å². The molecule has 22 heavy (non-hydrogen) atoms. The van der Waals surface area contributed by atoms with Crippen LogP contribution in [0.1, 0.15) is 13.8 Å². The highest BCUT2D eigenvalue weighted by Crippen LogP contribution is 2.29. The first-order valence-electron chi connectivity index (χ1n) is 6.04. The topological polar surface area (TPSA) is 92.7 Å². The van der Waals surface area contributed by atoms with Crippen LogP contribution >= 0.6 is 11.6 Å². The van der Waals surface area contributed by atoms with E-state index in [1.165, 1.54) is 19.9 Å². The molecule has 0 saturated carbocycles. The fourth-order valence-corrected chi connectivity index (χ4v) is 3.32. The maximum absolute atomic E-state index is 12.3. The molecule has 6 nitrogen and oxygen atoms in total. The van der Waals surface area contributed by atoms with Crippen LogP contribution in [0, 0.1) is 5.92 Å². The summed E-state index contributed by atoms with van der Waals surface area (Å²) < 4.78 is 55.3. The van der Waals surface area contributed by atoms with Crippen LogP contribution < -0.4 is 9.46 Å². The van der Waals surface area contributed by atoms with Crippen molar-refractivity contribution in [2.45, 2.75) is 31.4 Å². The van der Waals surface area contributed by atoms with Crippen molar-refractivity contribution in [3.63, 3.8) is 0 Å². The van der Waals surface area contributed by atoms with E-state index in [-0.39, 0.29) is 5.02 Å². The molecule has 1 aromatic carbocycles. The normalized spacial score (nSPS) is 13.4. The number of halogens is 3. The third kappa shape index (κ3) is 4.79. The zero-order valence-electron chi connectivity index (χ0n) is 11.6. The number of rotatable bonds is 7. The molecule has 0 saturated heterocycles. The molecule has 1 aromatic rings. The van der Waals surface area contributed by atoms with E-state index in [2.05, 4.69) is 4.74 Å². The highest BCUT2D eigenvalue weighted by Gasteiger charge is 2.30. The minimum Gasteiger partial charge on any atom is -0.480 e. The lowest BCUT2D eigenvalue weighted by molar-refractivity contribution is -0.140. The van der Waals surface area contributed by atoms with Gasteiger partial charge in [0.15, 0.2) is 0 Å². The molecule has 0 bridgehead atoms. The Bertz CT molecular complexity index is 651. The molecule has 1 atom stereocenters. The molecule has 1 rings (SSSR count). The van der Waals surface area contributed by atoms with Gasteiger partial charge >= 0.3 is 12.6 Å². The van der Waals surface area contributed by atoms with Gasteiger partial charge in [-0.05, 0) is 24.1 Å². The third-order valence-corrected chi connectivity index (χ3v) is 4.32. The molecule has 0 radical (unpaired) electrons. The van der Waals surface area contributed by atoms with E-state index in [1.54, 1.807) is 0 Å². The molecule has 124 valence electrons. The van der Waals surface area contributed by atoms with E-state index >= 15 is 0 Å².